The van der Waals surface area contributed by atoms with Crippen molar-refractivity contribution in [1.82, 2.24) is 0 Å². The van der Waals surface area contributed by atoms with E-state index in [1.807, 2.05) is 26.0 Å². The molecule has 0 bridgehead atoms. The molecule has 0 amide bonds. The van der Waals surface area contributed by atoms with Gasteiger partial charge in [-0.05, 0) is 50.8 Å². The highest BCUT2D eigenvalue weighted by Gasteiger charge is 2.27. The number of benzene rings is 1. The number of ether oxygens (including phenoxy) is 1. The van der Waals surface area contributed by atoms with Crippen LogP contribution in [0.5, 0.6) is 5.75 Å². The molecule has 0 aromatic heterocycles. The average molecular weight is 236 g/mol. The monoisotopic (exact) mass is 236 g/mol. The van der Waals surface area contributed by atoms with E-state index in [1.165, 1.54) is 0 Å². The van der Waals surface area contributed by atoms with Gasteiger partial charge in [-0.3, -0.25) is 4.79 Å². The third kappa shape index (κ3) is 2.99. The van der Waals surface area contributed by atoms with Gasteiger partial charge in [0.05, 0.1) is 12.5 Å². The summed E-state index contributed by atoms with van der Waals surface area (Å²) < 4.78 is 5.29. The molecule has 17 heavy (non-hydrogen) atoms. The first-order chi connectivity index (χ1) is 7.77. The van der Waals surface area contributed by atoms with Crippen LogP contribution in [-0.2, 0) is 11.2 Å². The fraction of sp³-hybridized carbons (Fsp3) is 0.500. The Morgan fingerprint density at radius 3 is 2.12 bits per heavy atom. The van der Waals surface area contributed by atoms with Gasteiger partial charge >= 0.3 is 5.97 Å². The molecule has 0 atom stereocenters. The van der Waals surface area contributed by atoms with Crippen LogP contribution in [-0.4, -0.2) is 18.2 Å². The van der Waals surface area contributed by atoms with Gasteiger partial charge < -0.3 is 9.84 Å². The minimum absolute atomic E-state index is 0.522. The zero-order chi connectivity index (χ0) is 13.2. The summed E-state index contributed by atoms with van der Waals surface area (Å²) >= 11 is 0. The lowest BCUT2D eigenvalue weighted by Gasteiger charge is -2.20. The average Bonchev–Trinajstić information content (AvgIpc) is 2.15. The van der Waals surface area contributed by atoms with Crippen molar-refractivity contribution in [3.63, 3.8) is 0 Å². The molecule has 0 aliphatic rings. The lowest BCUT2D eigenvalue weighted by molar-refractivity contribution is -0.146. The summed E-state index contributed by atoms with van der Waals surface area (Å²) in [6.45, 7) is 7.43. The van der Waals surface area contributed by atoms with Crippen molar-refractivity contribution in [2.45, 2.75) is 34.1 Å². The van der Waals surface area contributed by atoms with Crippen molar-refractivity contribution < 1.29 is 14.6 Å². The molecule has 1 rings (SSSR count). The second-order valence-electron chi connectivity index (χ2n) is 5.13. The fourth-order valence-electron chi connectivity index (χ4n) is 2.05. The predicted molar refractivity (Wildman–Crippen MR) is 67.6 cm³/mol. The van der Waals surface area contributed by atoms with Gasteiger partial charge in [-0.1, -0.05) is 12.1 Å². The largest absolute Gasteiger partial charge is 0.496 e. The first-order valence-corrected chi connectivity index (χ1v) is 5.65. The summed E-state index contributed by atoms with van der Waals surface area (Å²) in [4.78, 5) is 11.1. The molecule has 1 N–H and O–H groups in total. The molecule has 0 saturated heterocycles. The van der Waals surface area contributed by atoms with Crippen molar-refractivity contribution in [1.29, 1.82) is 0 Å². The smallest absolute Gasteiger partial charge is 0.309 e. The van der Waals surface area contributed by atoms with Crippen LogP contribution in [0, 0.1) is 19.3 Å². The van der Waals surface area contributed by atoms with Crippen LogP contribution in [0.4, 0.5) is 0 Å². The van der Waals surface area contributed by atoms with Gasteiger partial charge in [0.25, 0.3) is 0 Å². The van der Waals surface area contributed by atoms with Crippen LogP contribution in [0.2, 0.25) is 0 Å². The number of rotatable bonds is 4. The molecule has 0 saturated carbocycles. The quantitative estimate of drug-likeness (QED) is 0.874. The van der Waals surface area contributed by atoms with Gasteiger partial charge in [0.1, 0.15) is 5.75 Å². The Kier molecular flexibility index (Phi) is 3.81. The van der Waals surface area contributed by atoms with E-state index >= 15 is 0 Å². The first-order valence-electron chi connectivity index (χ1n) is 5.65. The zero-order valence-electron chi connectivity index (χ0n) is 11.1. The van der Waals surface area contributed by atoms with Crippen LogP contribution in [0.3, 0.4) is 0 Å². The molecule has 0 aliphatic carbocycles. The minimum Gasteiger partial charge on any atom is -0.496 e. The number of carbonyl (C=O) groups is 1. The van der Waals surface area contributed by atoms with E-state index in [-0.39, 0.29) is 0 Å². The normalized spacial score (nSPS) is 11.4. The van der Waals surface area contributed by atoms with Gasteiger partial charge in [0.2, 0.25) is 0 Å². The summed E-state index contributed by atoms with van der Waals surface area (Å²) in [6.07, 6.45) is 0.522. The van der Waals surface area contributed by atoms with E-state index in [0.29, 0.717) is 6.42 Å². The van der Waals surface area contributed by atoms with Crippen LogP contribution < -0.4 is 4.74 Å². The third-order valence-electron chi connectivity index (χ3n) is 2.95. The second-order valence-corrected chi connectivity index (χ2v) is 5.13. The Hall–Kier alpha value is -1.51. The predicted octanol–water partition coefficient (Wildman–Crippen LogP) is 2.97. The van der Waals surface area contributed by atoms with E-state index in [4.69, 9.17) is 9.84 Å². The van der Waals surface area contributed by atoms with E-state index in [0.717, 1.165) is 22.4 Å². The molecule has 3 nitrogen and oxygen atoms in total. The summed E-state index contributed by atoms with van der Waals surface area (Å²) in [5.41, 5.74) is 2.38. The van der Waals surface area contributed by atoms with Gasteiger partial charge in [-0.25, -0.2) is 0 Å². The highest BCUT2D eigenvalue weighted by molar-refractivity contribution is 5.74. The number of carboxylic acids is 1. The number of carboxylic acid groups (broad SMARTS) is 1. The van der Waals surface area contributed by atoms with Gasteiger partial charge in [0, 0.05) is 0 Å². The summed E-state index contributed by atoms with van der Waals surface area (Å²) in [7, 11) is 1.65. The van der Waals surface area contributed by atoms with Crippen molar-refractivity contribution in [2.24, 2.45) is 5.41 Å². The number of aliphatic carboxylic acids is 1. The third-order valence-corrected chi connectivity index (χ3v) is 2.95. The molecule has 0 aliphatic heterocycles. The number of hydrogen-bond acceptors (Lipinski definition) is 2. The van der Waals surface area contributed by atoms with Crippen LogP contribution in [0.25, 0.3) is 0 Å². The van der Waals surface area contributed by atoms with E-state index in [2.05, 4.69) is 0 Å². The SMILES string of the molecule is COc1c(C)cc(CC(C)(C)C(=O)O)cc1C. The van der Waals surface area contributed by atoms with Crippen molar-refractivity contribution in [3.8, 4) is 5.75 Å². The topological polar surface area (TPSA) is 46.5 Å². The molecule has 3 heteroatoms. The van der Waals surface area contributed by atoms with E-state index in [9.17, 15) is 4.79 Å². The summed E-state index contributed by atoms with van der Waals surface area (Å²) in [6, 6.07) is 3.99. The van der Waals surface area contributed by atoms with E-state index in [1.54, 1.807) is 21.0 Å². The Morgan fingerprint density at radius 2 is 1.76 bits per heavy atom. The Labute approximate surface area is 102 Å². The number of methoxy groups -OCH3 is 1. The molecule has 94 valence electrons. The fourth-order valence-corrected chi connectivity index (χ4v) is 2.05. The molecule has 0 unspecified atom stereocenters. The lowest BCUT2D eigenvalue weighted by Crippen LogP contribution is -2.26. The summed E-state index contributed by atoms with van der Waals surface area (Å²) in [5.74, 6) is 0.102. The Balaban J connectivity index is 3.06. The molecular weight excluding hydrogens is 216 g/mol. The number of hydrogen-bond donors (Lipinski definition) is 1. The minimum atomic E-state index is -0.774. The molecule has 0 radical (unpaired) electrons. The van der Waals surface area contributed by atoms with Crippen molar-refractivity contribution in [3.05, 3.63) is 28.8 Å². The summed E-state index contributed by atoms with van der Waals surface area (Å²) in [5, 5.41) is 9.12. The van der Waals surface area contributed by atoms with Crippen molar-refractivity contribution in [2.75, 3.05) is 7.11 Å². The molecule has 1 aromatic rings. The van der Waals surface area contributed by atoms with Crippen molar-refractivity contribution >= 4 is 5.97 Å². The standard InChI is InChI=1S/C14H20O3/c1-9-6-11(7-10(2)12(9)17-5)8-14(3,4)13(15)16/h6-7H,8H2,1-5H3,(H,15,16). The maximum absolute atomic E-state index is 11.1. The van der Waals surface area contributed by atoms with Gasteiger partial charge in [0.15, 0.2) is 0 Å². The first kappa shape index (κ1) is 13.6. The Morgan fingerprint density at radius 1 is 1.29 bits per heavy atom. The maximum Gasteiger partial charge on any atom is 0.309 e. The molecular formula is C14H20O3. The molecule has 0 fully saturated rings. The maximum atomic E-state index is 11.1. The molecule has 1 aromatic carbocycles. The van der Waals surface area contributed by atoms with E-state index < -0.39 is 11.4 Å². The van der Waals surface area contributed by atoms with Crippen LogP contribution >= 0.6 is 0 Å². The second kappa shape index (κ2) is 4.78. The zero-order valence-corrected chi connectivity index (χ0v) is 11.1. The highest BCUT2D eigenvalue weighted by Crippen LogP contribution is 2.28. The van der Waals surface area contributed by atoms with Gasteiger partial charge in [-0.2, -0.15) is 0 Å². The highest BCUT2D eigenvalue weighted by atomic mass is 16.5. The lowest BCUT2D eigenvalue weighted by atomic mass is 9.85. The van der Waals surface area contributed by atoms with Crippen LogP contribution in [0.15, 0.2) is 12.1 Å². The number of aryl methyl sites for hydroxylation is 2. The molecule has 0 heterocycles. The van der Waals surface area contributed by atoms with Gasteiger partial charge in [-0.15, -0.1) is 0 Å². The van der Waals surface area contributed by atoms with Crippen LogP contribution in [0.1, 0.15) is 30.5 Å². The Bertz CT molecular complexity index is 410. The molecule has 0 spiro atoms.